The Morgan fingerprint density at radius 3 is 2.84 bits per heavy atom. The van der Waals surface area contributed by atoms with E-state index in [1.165, 1.54) is 18.6 Å². The van der Waals surface area contributed by atoms with Gasteiger partial charge in [-0.3, -0.25) is 4.98 Å². The highest BCUT2D eigenvalue weighted by atomic mass is 35.5. The van der Waals surface area contributed by atoms with E-state index in [9.17, 15) is 4.39 Å². The summed E-state index contributed by atoms with van der Waals surface area (Å²) in [6.07, 6.45) is 4.92. The number of fused-ring (bicyclic) bond motifs is 2. The van der Waals surface area contributed by atoms with Gasteiger partial charge >= 0.3 is 0 Å². The fraction of sp³-hybridized carbons (Fsp3) is 0.174. The van der Waals surface area contributed by atoms with Gasteiger partial charge in [0.25, 0.3) is 0 Å². The lowest BCUT2D eigenvalue weighted by Gasteiger charge is -2.20. The second-order valence-corrected chi connectivity index (χ2v) is 7.83. The maximum Gasteiger partial charge on any atom is 0.162 e. The van der Waals surface area contributed by atoms with E-state index in [0.717, 1.165) is 16.6 Å². The lowest BCUT2D eigenvalue weighted by molar-refractivity contribution is 0.620. The van der Waals surface area contributed by atoms with Crippen LogP contribution in [0.25, 0.3) is 33.3 Å². The summed E-state index contributed by atoms with van der Waals surface area (Å²) < 4.78 is 14.2. The molecule has 160 valence electrons. The predicted molar refractivity (Wildman–Crippen MR) is 123 cm³/mol. The first-order chi connectivity index (χ1) is 15.5. The van der Waals surface area contributed by atoms with Gasteiger partial charge in [-0.25, -0.2) is 24.3 Å². The fourth-order valence-corrected chi connectivity index (χ4v) is 4.06. The third-order valence-corrected chi connectivity index (χ3v) is 5.69. The zero-order valence-electron chi connectivity index (χ0n) is 17.4. The van der Waals surface area contributed by atoms with E-state index in [1.54, 1.807) is 12.4 Å². The summed E-state index contributed by atoms with van der Waals surface area (Å²) in [5.74, 6) is 0.174. The van der Waals surface area contributed by atoms with Crippen LogP contribution in [-0.2, 0) is 6.42 Å². The van der Waals surface area contributed by atoms with Gasteiger partial charge in [0.05, 0.1) is 34.8 Å². The normalized spacial score (nSPS) is 12.4. The molecule has 0 bridgehead atoms. The number of nitrogens with one attached hydrogen (secondary N) is 2. The lowest BCUT2D eigenvalue weighted by Crippen LogP contribution is -2.12. The van der Waals surface area contributed by atoms with Gasteiger partial charge in [-0.1, -0.05) is 30.7 Å². The number of hydrogen-bond donors (Lipinski definition) is 2. The van der Waals surface area contributed by atoms with Crippen molar-refractivity contribution in [3.8, 4) is 11.3 Å². The van der Waals surface area contributed by atoms with Crippen molar-refractivity contribution < 1.29 is 4.39 Å². The number of aromatic nitrogens is 6. The molecule has 0 radical (unpaired) electrons. The van der Waals surface area contributed by atoms with Crippen LogP contribution in [0, 0.1) is 5.82 Å². The van der Waals surface area contributed by atoms with Crippen molar-refractivity contribution in [3.63, 3.8) is 0 Å². The number of rotatable bonds is 5. The number of anilines is 1. The van der Waals surface area contributed by atoms with Crippen molar-refractivity contribution in [3.05, 3.63) is 71.3 Å². The maximum absolute atomic E-state index is 14.2. The standard InChI is InChI=1S/C23H19ClFN7/c1-3-18-16(8-14(25)9-26-18)20-15(7-13-5-4-6-17(24)19(13)32-20)12(2)31-23-21-22(28-10-27-21)29-11-30-23/h4-12H,3H2,1-2H3,(H2,27,28,29,30,31). The summed E-state index contributed by atoms with van der Waals surface area (Å²) in [6.45, 7) is 3.98. The van der Waals surface area contributed by atoms with Crippen molar-refractivity contribution in [1.82, 2.24) is 29.9 Å². The summed E-state index contributed by atoms with van der Waals surface area (Å²) in [4.78, 5) is 25.0. The van der Waals surface area contributed by atoms with Gasteiger partial charge in [0.2, 0.25) is 0 Å². The molecule has 0 aliphatic heterocycles. The molecule has 5 rings (SSSR count). The predicted octanol–water partition coefficient (Wildman–Crippen LogP) is 5.49. The highest BCUT2D eigenvalue weighted by Gasteiger charge is 2.20. The van der Waals surface area contributed by atoms with E-state index in [0.29, 0.717) is 45.2 Å². The van der Waals surface area contributed by atoms with Gasteiger partial charge in [0, 0.05) is 22.2 Å². The molecule has 2 N–H and O–H groups in total. The quantitative estimate of drug-likeness (QED) is 0.370. The molecule has 4 heterocycles. The van der Waals surface area contributed by atoms with Crippen molar-refractivity contribution >= 4 is 39.5 Å². The van der Waals surface area contributed by atoms with Crippen molar-refractivity contribution in [2.75, 3.05) is 5.32 Å². The minimum Gasteiger partial charge on any atom is -0.362 e. The van der Waals surface area contributed by atoms with Gasteiger partial charge in [0.1, 0.15) is 17.7 Å². The van der Waals surface area contributed by atoms with E-state index < -0.39 is 5.82 Å². The molecule has 4 aromatic heterocycles. The van der Waals surface area contributed by atoms with Crippen LogP contribution in [-0.4, -0.2) is 29.9 Å². The molecule has 7 nitrogen and oxygen atoms in total. The van der Waals surface area contributed by atoms with Crippen LogP contribution in [0.15, 0.2) is 49.2 Å². The second-order valence-electron chi connectivity index (χ2n) is 7.43. The monoisotopic (exact) mass is 447 g/mol. The number of pyridine rings is 2. The van der Waals surface area contributed by atoms with Gasteiger partial charge in [0.15, 0.2) is 11.5 Å². The van der Waals surface area contributed by atoms with Crippen LogP contribution in [0.2, 0.25) is 5.02 Å². The summed E-state index contributed by atoms with van der Waals surface area (Å²) in [6, 6.07) is 8.89. The van der Waals surface area contributed by atoms with Crippen LogP contribution in [0.4, 0.5) is 10.2 Å². The molecule has 0 fully saturated rings. The summed E-state index contributed by atoms with van der Waals surface area (Å²) in [7, 11) is 0. The van der Waals surface area contributed by atoms with Gasteiger partial charge in [-0.15, -0.1) is 0 Å². The lowest BCUT2D eigenvalue weighted by atomic mass is 9.97. The third kappa shape index (κ3) is 3.52. The molecule has 32 heavy (non-hydrogen) atoms. The summed E-state index contributed by atoms with van der Waals surface area (Å²) in [5.41, 5.74) is 4.83. The molecule has 5 aromatic rings. The largest absolute Gasteiger partial charge is 0.362 e. The zero-order valence-corrected chi connectivity index (χ0v) is 18.2. The van der Waals surface area contributed by atoms with E-state index in [1.807, 2.05) is 32.0 Å². The summed E-state index contributed by atoms with van der Waals surface area (Å²) in [5, 5.41) is 4.83. The first-order valence-corrected chi connectivity index (χ1v) is 10.6. The Bertz CT molecular complexity index is 1450. The first kappa shape index (κ1) is 20.3. The molecule has 9 heteroatoms. The van der Waals surface area contributed by atoms with E-state index >= 15 is 0 Å². The van der Waals surface area contributed by atoms with E-state index in [-0.39, 0.29) is 6.04 Å². The summed E-state index contributed by atoms with van der Waals surface area (Å²) >= 11 is 6.44. The zero-order chi connectivity index (χ0) is 22.2. The van der Waals surface area contributed by atoms with E-state index in [4.69, 9.17) is 16.6 Å². The van der Waals surface area contributed by atoms with Crippen LogP contribution in [0.3, 0.4) is 0 Å². The second kappa shape index (κ2) is 8.12. The average Bonchev–Trinajstić information content (AvgIpc) is 3.28. The molecule has 1 atom stereocenters. The minimum absolute atomic E-state index is 0.233. The Labute approximate surface area is 188 Å². The number of hydrogen-bond acceptors (Lipinski definition) is 6. The molecule has 0 spiro atoms. The molecule has 1 unspecified atom stereocenters. The van der Waals surface area contributed by atoms with Crippen LogP contribution in [0.5, 0.6) is 0 Å². The number of para-hydroxylation sites is 1. The number of halogens is 2. The van der Waals surface area contributed by atoms with Crippen molar-refractivity contribution in [2.24, 2.45) is 0 Å². The first-order valence-electron chi connectivity index (χ1n) is 10.2. The Kier molecular flexibility index (Phi) is 5.14. The Morgan fingerprint density at radius 1 is 1.12 bits per heavy atom. The third-order valence-electron chi connectivity index (χ3n) is 5.39. The molecular formula is C23H19ClFN7. The maximum atomic E-state index is 14.2. The number of imidazole rings is 1. The molecule has 0 saturated heterocycles. The number of H-pyrrole nitrogens is 1. The minimum atomic E-state index is -0.418. The van der Waals surface area contributed by atoms with Crippen LogP contribution >= 0.6 is 11.6 Å². The average molecular weight is 448 g/mol. The SMILES string of the molecule is CCc1ncc(F)cc1-c1nc2c(Cl)cccc2cc1C(C)Nc1ncnc2[nH]cnc12. The van der Waals surface area contributed by atoms with Gasteiger partial charge in [-0.05, 0) is 31.5 Å². The Hall–Kier alpha value is -3.65. The molecule has 1 aromatic carbocycles. The Morgan fingerprint density at radius 2 is 2.00 bits per heavy atom. The number of aryl methyl sites for hydroxylation is 1. The number of benzene rings is 1. The smallest absolute Gasteiger partial charge is 0.162 e. The number of nitrogens with zero attached hydrogens (tertiary/aromatic N) is 5. The van der Waals surface area contributed by atoms with Gasteiger partial charge < -0.3 is 10.3 Å². The molecule has 0 aliphatic rings. The molecule has 0 aliphatic carbocycles. The van der Waals surface area contributed by atoms with Crippen molar-refractivity contribution in [2.45, 2.75) is 26.3 Å². The molecular weight excluding hydrogens is 429 g/mol. The topological polar surface area (TPSA) is 92.3 Å². The van der Waals surface area contributed by atoms with Crippen LogP contribution < -0.4 is 5.32 Å². The van der Waals surface area contributed by atoms with E-state index in [2.05, 4.69) is 30.2 Å². The highest BCUT2D eigenvalue weighted by molar-refractivity contribution is 6.35. The molecule has 0 amide bonds. The highest BCUT2D eigenvalue weighted by Crippen LogP contribution is 2.35. The fourth-order valence-electron chi connectivity index (χ4n) is 3.83. The molecule has 0 saturated carbocycles. The number of aromatic amines is 1. The van der Waals surface area contributed by atoms with Gasteiger partial charge in [-0.2, -0.15) is 0 Å². The van der Waals surface area contributed by atoms with Crippen LogP contribution in [0.1, 0.15) is 31.1 Å². The van der Waals surface area contributed by atoms with Crippen molar-refractivity contribution in [1.29, 1.82) is 0 Å². The Balaban J connectivity index is 1.70.